The Morgan fingerprint density at radius 1 is 1.26 bits per heavy atom. The fourth-order valence-electron chi connectivity index (χ4n) is 3.14. The molecular formula is C15H28N2O2. The molecule has 4 heteroatoms. The van der Waals surface area contributed by atoms with E-state index >= 15 is 0 Å². The van der Waals surface area contributed by atoms with Crippen LogP contribution in [0.3, 0.4) is 0 Å². The lowest BCUT2D eigenvalue weighted by Gasteiger charge is -2.37. The van der Waals surface area contributed by atoms with Crippen LogP contribution in [0.2, 0.25) is 0 Å². The molecule has 0 aromatic heterocycles. The van der Waals surface area contributed by atoms with Crippen LogP contribution in [0.25, 0.3) is 0 Å². The number of hydrogen-bond acceptors (Lipinski definition) is 3. The summed E-state index contributed by atoms with van der Waals surface area (Å²) < 4.78 is 5.90. The molecule has 1 saturated heterocycles. The molecule has 2 rings (SSSR count). The van der Waals surface area contributed by atoms with Gasteiger partial charge in [-0.05, 0) is 52.1 Å². The summed E-state index contributed by atoms with van der Waals surface area (Å²) in [6, 6.07) is 0. The third-order valence-electron chi connectivity index (χ3n) is 4.35. The van der Waals surface area contributed by atoms with E-state index < -0.39 is 0 Å². The standard InChI is InChI=1S/C15H28N2O2/c1-12(19-14-9-13(10-14)11-16-2)15(18)17-7-5-3-4-6-8-17/h12-14,16H,3-11H2,1-2H3. The number of carbonyl (C=O) groups excluding carboxylic acids is 1. The van der Waals surface area contributed by atoms with Crippen molar-refractivity contribution in [3.63, 3.8) is 0 Å². The second-order valence-electron chi connectivity index (χ2n) is 6.03. The number of nitrogens with zero attached hydrogens (tertiary/aromatic N) is 1. The molecule has 0 spiro atoms. The Hall–Kier alpha value is -0.610. The number of rotatable bonds is 5. The molecule has 4 nitrogen and oxygen atoms in total. The summed E-state index contributed by atoms with van der Waals surface area (Å²) in [6.07, 6.45) is 7.03. The number of hydrogen-bond donors (Lipinski definition) is 1. The number of likely N-dealkylation sites (tertiary alicyclic amines) is 1. The van der Waals surface area contributed by atoms with Crippen LogP contribution < -0.4 is 5.32 Å². The highest BCUT2D eigenvalue weighted by Gasteiger charge is 2.33. The van der Waals surface area contributed by atoms with Crippen molar-refractivity contribution >= 4 is 5.91 Å². The molecule has 1 unspecified atom stereocenters. The van der Waals surface area contributed by atoms with Gasteiger partial charge in [-0.1, -0.05) is 12.8 Å². The van der Waals surface area contributed by atoms with E-state index in [0.717, 1.165) is 51.2 Å². The van der Waals surface area contributed by atoms with E-state index in [-0.39, 0.29) is 12.0 Å². The van der Waals surface area contributed by atoms with Crippen molar-refractivity contribution in [1.82, 2.24) is 10.2 Å². The fourth-order valence-corrected chi connectivity index (χ4v) is 3.14. The minimum absolute atomic E-state index is 0.193. The zero-order chi connectivity index (χ0) is 13.7. The minimum Gasteiger partial charge on any atom is -0.365 e. The van der Waals surface area contributed by atoms with E-state index in [1.807, 2.05) is 18.9 Å². The highest BCUT2D eigenvalue weighted by atomic mass is 16.5. The lowest BCUT2D eigenvalue weighted by molar-refractivity contribution is -0.151. The minimum atomic E-state index is -0.265. The zero-order valence-electron chi connectivity index (χ0n) is 12.4. The van der Waals surface area contributed by atoms with Gasteiger partial charge in [0.15, 0.2) is 0 Å². The predicted octanol–water partition coefficient (Wildman–Crippen LogP) is 1.79. The third kappa shape index (κ3) is 4.18. The topological polar surface area (TPSA) is 41.6 Å². The van der Waals surface area contributed by atoms with Crippen LogP contribution in [0.1, 0.15) is 45.4 Å². The molecule has 0 bridgehead atoms. The highest BCUT2D eigenvalue weighted by molar-refractivity contribution is 5.80. The molecule has 19 heavy (non-hydrogen) atoms. The Kier molecular flexibility index (Phi) is 5.64. The van der Waals surface area contributed by atoms with E-state index in [0.29, 0.717) is 6.10 Å². The van der Waals surface area contributed by atoms with Gasteiger partial charge in [0.2, 0.25) is 0 Å². The lowest BCUT2D eigenvalue weighted by atomic mass is 9.82. The molecule has 1 atom stereocenters. The Balaban J connectivity index is 1.70. The molecule has 2 aliphatic rings. The molecule has 1 N–H and O–H groups in total. The van der Waals surface area contributed by atoms with Crippen LogP contribution in [0, 0.1) is 5.92 Å². The van der Waals surface area contributed by atoms with Crippen LogP contribution in [0.5, 0.6) is 0 Å². The Labute approximate surface area is 116 Å². The van der Waals surface area contributed by atoms with Crippen molar-refractivity contribution in [3.05, 3.63) is 0 Å². The molecular weight excluding hydrogens is 240 g/mol. The van der Waals surface area contributed by atoms with Gasteiger partial charge in [0.25, 0.3) is 5.91 Å². The van der Waals surface area contributed by atoms with Gasteiger partial charge in [0.1, 0.15) is 6.10 Å². The van der Waals surface area contributed by atoms with Gasteiger partial charge in [-0.2, -0.15) is 0 Å². The largest absolute Gasteiger partial charge is 0.365 e. The smallest absolute Gasteiger partial charge is 0.251 e. The van der Waals surface area contributed by atoms with Crippen LogP contribution in [0.15, 0.2) is 0 Å². The van der Waals surface area contributed by atoms with Crippen molar-refractivity contribution in [1.29, 1.82) is 0 Å². The Morgan fingerprint density at radius 3 is 2.47 bits per heavy atom. The maximum atomic E-state index is 12.3. The molecule has 0 aromatic rings. The first-order chi connectivity index (χ1) is 9.20. The molecule has 1 amide bonds. The van der Waals surface area contributed by atoms with E-state index in [1.165, 1.54) is 12.8 Å². The number of amides is 1. The van der Waals surface area contributed by atoms with Gasteiger partial charge in [0.05, 0.1) is 6.10 Å². The van der Waals surface area contributed by atoms with Crippen molar-refractivity contribution in [2.75, 3.05) is 26.7 Å². The zero-order valence-corrected chi connectivity index (χ0v) is 12.4. The predicted molar refractivity (Wildman–Crippen MR) is 76.0 cm³/mol. The monoisotopic (exact) mass is 268 g/mol. The Bertz CT molecular complexity index is 282. The first-order valence-corrected chi connectivity index (χ1v) is 7.79. The van der Waals surface area contributed by atoms with Gasteiger partial charge in [0, 0.05) is 13.1 Å². The average Bonchev–Trinajstić information content (AvgIpc) is 2.64. The van der Waals surface area contributed by atoms with Crippen LogP contribution >= 0.6 is 0 Å². The summed E-state index contributed by atoms with van der Waals surface area (Å²) in [5.74, 6) is 0.925. The van der Waals surface area contributed by atoms with Crippen molar-refractivity contribution < 1.29 is 9.53 Å². The number of carbonyl (C=O) groups is 1. The van der Waals surface area contributed by atoms with Crippen LogP contribution in [0.4, 0.5) is 0 Å². The highest BCUT2D eigenvalue weighted by Crippen LogP contribution is 2.30. The summed E-state index contributed by atoms with van der Waals surface area (Å²) in [5, 5.41) is 3.19. The first kappa shape index (κ1) is 14.8. The van der Waals surface area contributed by atoms with Gasteiger partial charge in [-0.15, -0.1) is 0 Å². The van der Waals surface area contributed by atoms with Crippen molar-refractivity contribution in [2.45, 2.75) is 57.7 Å². The molecule has 1 aliphatic carbocycles. The average molecular weight is 268 g/mol. The van der Waals surface area contributed by atoms with Crippen LogP contribution in [-0.2, 0) is 9.53 Å². The van der Waals surface area contributed by atoms with Gasteiger partial charge in [-0.3, -0.25) is 4.79 Å². The number of ether oxygens (including phenoxy) is 1. The fraction of sp³-hybridized carbons (Fsp3) is 0.933. The van der Waals surface area contributed by atoms with E-state index in [2.05, 4.69) is 5.32 Å². The molecule has 110 valence electrons. The lowest BCUT2D eigenvalue weighted by Crippen LogP contribution is -2.44. The summed E-state index contributed by atoms with van der Waals surface area (Å²) in [4.78, 5) is 14.3. The molecule has 2 fully saturated rings. The molecule has 1 aliphatic heterocycles. The van der Waals surface area contributed by atoms with Crippen molar-refractivity contribution in [2.24, 2.45) is 5.92 Å². The molecule has 0 radical (unpaired) electrons. The second-order valence-corrected chi connectivity index (χ2v) is 6.03. The second kappa shape index (κ2) is 7.25. The first-order valence-electron chi connectivity index (χ1n) is 7.79. The Morgan fingerprint density at radius 2 is 1.89 bits per heavy atom. The van der Waals surface area contributed by atoms with Gasteiger partial charge < -0.3 is 15.0 Å². The maximum absolute atomic E-state index is 12.3. The molecule has 1 saturated carbocycles. The van der Waals surface area contributed by atoms with Gasteiger partial charge in [-0.25, -0.2) is 0 Å². The molecule has 0 aromatic carbocycles. The molecule has 1 heterocycles. The maximum Gasteiger partial charge on any atom is 0.251 e. The van der Waals surface area contributed by atoms with Crippen LogP contribution in [-0.4, -0.2) is 49.7 Å². The van der Waals surface area contributed by atoms with E-state index in [9.17, 15) is 4.79 Å². The third-order valence-corrected chi connectivity index (χ3v) is 4.35. The summed E-state index contributed by atoms with van der Waals surface area (Å²) in [5.41, 5.74) is 0. The quantitative estimate of drug-likeness (QED) is 0.826. The van der Waals surface area contributed by atoms with Crippen molar-refractivity contribution in [3.8, 4) is 0 Å². The summed E-state index contributed by atoms with van der Waals surface area (Å²) >= 11 is 0. The number of nitrogens with one attached hydrogen (secondary N) is 1. The summed E-state index contributed by atoms with van der Waals surface area (Å²) in [6.45, 7) is 4.81. The summed E-state index contributed by atoms with van der Waals surface area (Å²) in [7, 11) is 1.99. The normalized spacial score (nSPS) is 29.5. The van der Waals surface area contributed by atoms with E-state index in [1.54, 1.807) is 0 Å². The van der Waals surface area contributed by atoms with E-state index in [4.69, 9.17) is 4.74 Å². The SMILES string of the molecule is CNCC1CC(OC(C)C(=O)N2CCCCCC2)C1. The van der Waals surface area contributed by atoms with Gasteiger partial charge >= 0.3 is 0 Å².